The monoisotopic (exact) mass is 438 g/mol. The lowest BCUT2D eigenvalue weighted by Gasteiger charge is -2.36. The van der Waals surface area contributed by atoms with Crippen LogP contribution in [0.25, 0.3) is 0 Å². The van der Waals surface area contributed by atoms with E-state index in [1.165, 1.54) is 5.69 Å². The summed E-state index contributed by atoms with van der Waals surface area (Å²) in [5, 5.41) is 3.94. The summed E-state index contributed by atoms with van der Waals surface area (Å²) in [5.74, 6) is 1.67. The molecule has 4 rings (SSSR count). The van der Waals surface area contributed by atoms with Gasteiger partial charge in [0.2, 0.25) is 11.8 Å². The smallest absolute Gasteiger partial charge is 0.227 e. The van der Waals surface area contributed by atoms with Crippen LogP contribution in [0.4, 0.5) is 5.69 Å². The zero-order chi connectivity index (χ0) is 22.5. The molecule has 7 heteroatoms. The number of amides is 2. The van der Waals surface area contributed by atoms with E-state index in [9.17, 15) is 9.59 Å². The Morgan fingerprint density at radius 2 is 1.59 bits per heavy atom. The van der Waals surface area contributed by atoms with Gasteiger partial charge in [0.1, 0.15) is 5.76 Å². The number of anilines is 1. The summed E-state index contributed by atoms with van der Waals surface area (Å²) in [7, 11) is 0. The molecule has 7 nitrogen and oxygen atoms in total. The first-order valence-corrected chi connectivity index (χ1v) is 11.8. The molecule has 1 aromatic heterocycles. The van der Waals surface area contributed by atoms with E-state index < -0.39 is 0 Å². The fraction of sp³-hybridized carbons (Fsp3) is 0.560. The molecule has 0 unspecified atom stereocenters. The number of benzene rings is 1. The SMILES string of the molecule is Cc1noc(C)c1CC(=O)N1CCC(CCC(=O)N2CCN(c3ccccc3)CC2)CC1. The second kappa shape index (κ2) is 10.2. The molecular formula is C25H34N4O3. The van der Waals surface area contributed by atoms with Crippen LogP contribution in [0, 0.1) is 19.8 Å². The molecule has 0 bridgehead atoms. The van der Waals surface area contributed by atoms with Crippen molar-refractivity contribution in [2.45, 2.75) is 46.0 Å². The van der Waals surface area contributed by atoms with Gasteiger partial charge in [-0.15, -0.1) is 0 Å². The first-order valence-electron chi connectivity index (χ1n) is 11.8. The van der Waals surface area contributed by atoms with E-state index in [4.69, 9.17) is 4.52 Å². The molecule has 0 spiro atoms. The van der Waals surface area contributed by atoms with Crippen molar-refractivity contribution in [1.82, 2.24) is 15.0 Å². The molecule has 172 valence electrons. The van der Waals surface area contributed by atoms with Gasteiger partial charge < -0.3 is 19.2 Å². The number of likely N-dealkylation sites (tertiary alicyclic amines) is 1. The molecule has 1 aromatic carbocycles. The lowest BCUT2D eigenvalue weighted by atomic mass is 9.91. The van der Waals surface area contributed by atoms with Crippen LogP contribution >= 0.6 is 0 Å². The highest BCUT2D eigenvalue weighted by Gasteiger charge is 2.26. The fourth-order valence-corrected chi connectivity index (χ4v) is 4.83. The van der Waals surface area contributed by atoms with Crippen LogP contribution in [0.3, 0.4) is 0 Å². The highest BCUT2D eigenvalue weighted by molar-refractivity contribution is 5.79. The second-order valence-electron chi connectivity index (χ2n) is 9.05. The summed E-state index contributed by atoms with van der Waals surface area (Å²) in [4.78, 5) is 31.7. The third-order valence-corrected chi connectivity index (χ3v) is 7.00. The lowest BCUT2D eigenvalue weighted by molar-refractivity contribution is -0.133. The second-order valence-corrected chi connectivity index (χ2v) is 9.05. The fourth-order valence-electron chi connectivity index (χ4n) is 4.83. The predicted molar refractivity (Wildman–Crippen MR) is 123 cm³/mol. The molecule has 0 radical (unpaired) electrons. The standard InChI is InChI=1S/C25H34N4O3/c1-19-23(20(2)32-26-19)18-25(31)28-12-10-21(11-13-28)8-9-24(30)29-16-14-27(15-17-29)22-6-4-3-5-7-22/h3-7,21H,8-18H2,1-2H3. The number of aromatic nitrogens is 1. The van der Waals surface area contributed by atoms with E-state index in [1.54, 1.807) is 0 Å². The first-order chi connectivity index (χ1) is 15.5. The van der Waals surface area contributed by atoms with Gasteiger partial charge in [0.05, 0.1) is 12.1 Å². The highest BCUT2D eigenvalue weighted by Crippen LogP contribution is 2.24. The van der Waals surface area contributed by atoms with E-state index in [0.29, 0.717) is 18.8 Å². The number of hydrogen-bond donors (Lipinski definition) is 0. The van der Waals surface area contributed by atoms with Gasteiger partial charge in [-0.05, 0) is 51.2 Å². The Balaban J connectivity index is 1.16. The predicted octanol–water partition coefficient (Wildman–Crippen LogP) is 3.20. The Hall–Kier alpha value is -2.83. The van der Waals surface area contributed by atoms with Crippen LogP contribution in [0.15, 0.2) is 34.9 Å². The van der Waals surface area contributed by atoms with Crippen molar-refractivity contribution >= 4 is 17.5 Å². The summed E-state index contributed by atoms with van der Waals surface area (Å²) >= 11 is 0. The summed E-state index contributed by atoms with van der Waals surface area (Å²) in [6.07, 6.45) is 3.84. The van der Waals surface area contributed by atoms with Crippen LogP contribution in [-0.4, -0.2) is 66.0 Å². The van der Waals surface area contributed by atoms with Crippen molar-refractivity contribution in [3.63, 3.8) is 0 Å². The number of para-hydroxylation sites is 1. The molecule has 2 amide bonds. The number of hydrogen-bond acceptors (Lipinski definition) is 5. The minimum atomic E-state index is 0.144. The van der Waals surface area contributed by atoms with Gasteiger partial charge in [0, 0.05) is 56.9 Å². The zero-order valence-corrected chi connectivity index (χ0v) is 19.3. The van der Waals surface area contributed by atoms with Crippen molar-refractivity contribution < 1.29 is 14.1 Å². The Morgan fingerprint density at radius 1 is 0.938 bits per heavy atom. The van der Waals surface area contributed by atoms with Crippen LogP contribution in [-0.2, 0) is 16.0 Å². The van der Waals surface area contributed by atoms with Gasteiger partial charge in [0.25, 0.3) is 0 Å². The number of nitrogens with zero attached hydrogens (tertiary/aromatic N) is 4. The lowest BCUT2D eigenvalue weighted by Crippen LogP contribution is -2.48. The third-order valence-electron chi connectivity index (χ3n) is 7.00. The minimum absolute atomic E-state index is 0.144. The van der Waals surface area contributed by atoms with Gasteiger partial charge in [-0.1, -0.05) is 23.4 Å². The number of carbonyl (C=O) groups excluding carboxylic acids is 2. The summed E-state index contributed by atoms with van der Waals surface area (Å²) < 4.78 is 5.17. The Kier molecular flexibility index (Phi) is 7.12. The maximum absolute atomic E-state index is 12.7. The van der Waals surface area contributed by atoms with E-state index in [2.05, 4.69) is 34.3 Å². The molecule has 0 atom stereocenters. The molecule has 2 saturated heterocycles. The normalized spacial score (nSPS) is 17.6. The topological polar surface area (TPSA) is 69.9 Å². The Morgan fingerprint density at radius 3 is 2.22 bits per heavy atom. The molecule has 0 saturated carbocycles. The molecular weight excluding hydrogens is 404 g/mol. The maximum Gasteiger partial charge on any atom is 0.227 e. The molecule has 0 N–H and O–H groups in total. The Labute approximate surface area is 190 Å². The van der Waals surface area contributed by atoms with Crippen molar-refractivity contribution in [2.75, 3.05) is 44.2 Å². The van der Waals surface area contributed by atoms with Crippen LogP contribution in [0.1, 0.15) is 42.7 Å². The van der Waals surface area contributed by atoms with Crippen molar-refractivity contribution in [3.8, 4) is 0 Å². The van der Waals surface area contributed by atoms with Gasteiger partial charge in [-0.2, -0.15) is 0 Å². The van der Waals surface area contributed by atoms with E-state index >= 15 is 0 Å². The summed E-state index contributed by atoms with van der Waals surface area (Å²) in [5.41, 5.74) is 2.94. The van der Waals surface area contributed by atoms with Crippen LogP contribution < -0.4 is 4.90 Å². The molecule has 2 aliphatic heterocycles. The van der Waals surface area contributed by atoms with Crippen molar-refractivity contribution in [3.05, 3.63) is 47.3 Å². The molecule has 0 aliphatic carbocycles. The van der Waals surface area contributed by atoms with E-state index in [1.807, 2.05) is 29.7 Å². The van der Waals surface area contributed by atoms with Gasteiger partial charge >= 0.3 is 0 Å². The summed E-state index contributed by atoms with van der Waals surface area (Å²) in [6, 6.07) is 10.4. The van der Waals surface area contributed by atoms with Crippen LogP contribution in [0.2, 0.25) is 0 Å². The van der Waals surface area contributed by atoms with Crippen molar-refractivity contribution in [1.29, 1.82) is 0 Å². The average molecular weight is 439 g/mol. The summed E-state index contributed by atoms with van der Waals surface area (Å²) in [6.45, 7) is 8.65. The van der Waals surface area contributed by atoms with Crippen LogP contribution in [0.5, 0.6) is 0 Å². The number of piperidine rings is 1. The molecule has 3 heterocycles. The quantitative estimate of drug-likeness (QED) is 0.693. The number of carbonyl (C=O) groups is 2. The molecule has 2 aromatic rings. The highest BCUT2D eigenvalue weighted by atomic mass is 16.5. The third kappa shape index (κ3) is 5.31. The maximum atomic E-state index is 12.7. The molecule has 2 aliphatic rings. The van der Waals surface area contributed by atoms with Crippen molar-refractivity contribution in [2.24, 2.45) is 5.92 Å². The minimum Gasteiger partial charge on any atom is -0.368 e. The largest absolute Gasteiger partial charge is 0.368 e. The average Bonchev–Trinajstić information content (AvgIpc) is 3.15. The number of aryl methyl sites for hydroxylation is 2. The molecule has 2 fully saturated rings. The zero-order valence-electron chi connectivity index (χ0n) is 19.3. The first kappa shape index (κ1) is 22.4. The number of rotatable bonds is 6. The van der Waals surface area contributed by atoms with Gasteiger partial charge in [-0.3, -0.25) is 9.59 Å². The van der Waals surface area contributed by atoms with Gasteiger partial charge in [-0.25, -0.2) is 0 Å². The van der Waals surface area contributed by atoms with E-state index in [-0.39, 0.29) is 11.8 Å². The Bertz CT molecular complexity index is 891. The van der Waals surface area contributed by atoms with Gasteiger partial charge in [0.15, 0.2) is 0 Å². The molecule has 32 heavy (non-hydrogen) atoms. The van der Waals surface area contributed by atoms with E-state index in [0.717, 1.165) is 75.5 Å². The number of piperazine rings is 1.